The molecule has 0 bridgehead atoms. The van der Waals surface area contributed by atoms with Crippen molar-refractivity contribution < 1.29 is 18.9 Å². The van der Waals surface area contributed by atoms with Gasteiger partial charge in [0.05, 0.1) is 0 Å². The van der Waals surface area contributed by atoms with E-state index in [-0.39, 0.29) is 12.3 Å². The van der Waals surface area contributed by atoms with Gasteiger partial charge in [0.2, 0.25) is 12.7 Å². The molecule has 6 heteroatoms. The second-order valence-corrected chi connectivity index (χ2v) is 2.60. The molecule has 0 aromatic carbocycles. The number of hydrogen-bond acceptors (Lipinski definition) is 3. The van der Waals surface area contributed by atoms with Gasteiger partial charge < -0.3 is 16.2 Å². The third-order valence-corrected chi connectivity index (χ3v) is 1.39. The van der Waals surface area contributed by atoms with Crippen molar-refractivity contribution in [2.45, 2.75) is 6.54 Å². The average molecular weight is 196 g/mol. The fraction of sp³-hybridized carbons (Fsp3) is 0.125. The highest BCUT2D eigenvalue weighted by atomic mass is 16.5. The van der Waals surface area contributed by atoms with E-state index in [4.69, 9.17) is 11.5 Å². The van der Waals surface area contributed by atoms with Crippen molar-refractivity contribution in [3.05, 3.63) is 24.5 Å². The molecule has 0 atom stereocenters. The third kappa shape index (κ3) is 3.10. The first-order valence-electron chi connectivity index (χ1n) is 3.82. The summed E-state index contributed by atoms with van der Waals surface area (Å²) in [7, 11) is 0. The molecule has 0 fully saturated rings. The summed E-state index contributed by atoms with van der Waals surface area (Å²) in [5.74, 6) is -0.215. The van der Waals surface area contributed by atoms with Gasteiger partial charge >= 0.3 is 6.09 Å². The molecule has 74 valence electrons. The van der Waals surface area contributed by atoms with Crippen LogP contribution < -0.4 is 20.8 Å². The number of aromatic nitrogens is 1. The van der Waals surface area contributed by atoms with Crippen LogP contribution in [0.5, 0.6) is 5.75 Å². The predicted octanol–water partition coefficient (Wildman–Crippen LogP) is -1.08. The van der Waals surface area contributed by atoms with E-state index in [2.05, 4.69) is 4.74 Å². The molecule has 1 aromatic heterocycles. The zero-order valence-electron chi connectivity index (χ0n) is 7.34. The Kier molecular flexibility index (Phi) is 3.01. The summed E-state index contributed by atoms with van der Waals surface area (Å²) < 4.78 is 6.09. The lowest BCUT2D eigenvalue weighted by molar-refractivity contribution is -0.684. The second kappa shape index (κ2) is 4.22. The van der Waals surface area contributed by atoms with E-state index in [0.29, 0.717) is 0 Å². The van der Waals surface area contributed by atoms with Gasteiger partial charge in [0.1, 0.15) is 0 Å². The quantitative estimate of drug-likeness (QED) is 0.601. The van der Waals surface area contributed by atoms with Gasteiger partial charge in [-0.2, -0.15) is 4.57 Å². The maximum Gasteiger partial charge on any atom is 0.410 e. The predicted molar refractivity (Wildman–Crippen MR) is 46.0 cm³/mol. The Morgan fingerprint density at radius 1 is 1.43 bits per heavy atom. The van der Waals surface area contributed by atoms with Crippen molar-refractivity contribution in [1.29, 1.82) is 0 Å². The Bertz CT molecular complexity index is 333. The van der Waals surface area contributed by atoms with Crippen LogP contribution in [0.2, 0.25) is 0 Å². The van der Waals surface area contributed by atoms with Crippen LogP contribution in [0, 0.1) is 0 Å². The molecule has 1 rings (SSSR count). The van der Waals surface area contributed by atoms with Crippen molar-refractivity contribution in [2.75, 3.05) is 0 Å². The first kappa shape index (κ1) is 9.97. The molecule has 0 aliphatic rings. The zero-order valence-corrected chi connectivity index (χ0v) is 7.34. The summed E-state index contributed by atoms with van der Waals surface area (Å²) in [5, 5.41) is 0. The zero-order chi connectivity index (χ0) is 10.6. The summed E-state index contributed by atoms with van der Waals surface area (Å²) in [6.45, 7) is 0.0238. The molecule has 1 heterocycles. The van der Waals surface area contributed by atoms with Crippen molar-refractivity contribution in [3.8, 4) is 5.75 Å². The van der Waals surface area contributed by atoms with Crippen molar-refractivity contribution in [3.63, 3.8) is 0 Å². The van der Waals surface area contributed by atoms with Crippen LogP contribution in [0.3, 0.4) is 0 Å². The normalized spacial score (nSPS) is 9.43. The second-order valence-electron chi connectivity index (χ2n) is 2.60. The molecule has 0 saturated heterocycles. The van der Waals surface area contributed by atoms with Gasteiger partial charge in [-0.1, -0.05) is 0 Å². The fourth-order valence-electron chi connectivity index (χ4n) is 0.953. The average Bonchev–Trinajstić information content (AvgIpc) is 2.01. The Labute approximate surface area is 80.1 Å². The van der Waals surface area contributed by atoms with Gasteiger partial charge in [-0.05, 0) is 6.07 Å². The Morgan fingerprint density at radius 3 is 2.71 bits per heavy atom. The minimum Gasteiger partial charge on any atom is -0.404 e. The number of carbonyl (C=O) groups is 2. The summed E-state index contributed by atoms with van der Waals surface area (Å²) in [4.78, 5) is 21.0. The number of carbonyl (C=O) groups excluding carboxylic acids is 2. The van der Waals surface area contributed by atoms with E-state index >= 15 is 0 Å². The number of hydrogen-bond donors (Lipinski definition) is 2. The molecule has 4 N–H and O–H groups in total. The highest BCUT2D eigenvalue weighted by Crippen LogP contribution is 2.04. The molecule has 0 aliphatic heterocycles. The number of rotatable bonds is 3. The maximum absolute atomic E-state index is 10.6. The van der Waals surface area contributed by atoms with Gasteiger partial charge in [0, 0.05) is 6.07 Å². The number of pyridine rings is 1. The molecule has 6 nitrogen and oxygen atoms in total. The number of primary amides is 2. The van der Waals surface area contributed by atoms with Crippen LogP contribution >= 0.6 is 0 Å². The topological polar surface area (TPSA) is 99.3 Å². The first-order chi connectivity index (χ1) is 6.58. The molecule has 14 heavy (non-hydrogen) atoms. The van der Waals surface area contributed by atoms with Gasteiger partial charge in [-0.25, -0.2) is 4.79 Å². The Balaban J connectivity index is 2.78. The van der Waals surface area contributed by atoms with Crippen molar-refractivity contribution in [2.24, 2.45) is 11.5 Å². The SMILES string of the molecule is NC(=O)C[n+]1cccc(OC(N)=O)c1. The molecule has 0 unspecified atom stereocenters. The van der Waals surface area contributed by atoms with Gasteiger partial charge in [-0.3, -0.25) is 4.79 Å². The molecule has 2 amide bonds. The van der Waals surface area contributed by atoms with Crippen molar-refractivity contribution in [1.82, 2.24) is 0 Å². The molecular formula is C8H10N3O3+. The van der Waals surface area contributed by atoms with Gasteiger partial charge in [0.25, 0.3) is 5.91 Å². The van der Waals surface area contributed by atoms with Crippen LogP contribution in [0.15, 0.2) is 24.5 Å². The van der Waals surface area contributed by atoms with E-state index < -0.39 is 12.0 Å². The first-order valence-corrected chi connectivity index (χ1v) is 3.82. The molecule has 0 aliphatic carbocycles. The number of amides is 2. The van der Waals surface area contributed by atoms with Gasteiger partial charge in [0.15, 0.2) is 11.9 Å². The number of ether oxygens (including phenoxy) is 1. The van der Waals surface area contributed by atoms with E-state index in [1.165, 1.54) is 10.8 Å². The van der Waals surface area contributed by atoms with Crippen LogP contribution in [0.1, 0.15) is 0 Å². The minimum absolute atomic E-state index is 0.0238. The smallest absolute Gasteiger partial charge is 0.404 e. The third-order valence-electron chi connectivity index (χ3n) is 1.39. The minimum atomic E-state index is -0.901. The molecule has 0 saturated carbocycles. The van der Waals surface area contributed by atoms with Gasteiger partial charge in [-0.15, -0.1) is 0 Å². The van der Waals surface area contributed by atoms with E-state index in [0.717, 1.165) is 0 Å². The lowest BCUT2D eigenvalue weighted by Crippen LogP contribution is -2.40. The van der Waals surface area contributed by atoms with E-state index in [9.17, 15) is 9.59 Å². The largest absolute Gasteiger partial charge is 0.410 e. The van der Waals surface area contributed by atoms with Crippen LogP contribution in [0.25, 0.3) is 0 Å². The highest BCUT2D eigenvalue weighted by molar-refractivity contribution is 5.72. The summed E-state index contributed by atoms with van der Waals surface area (Å²) in [6.07, 6.45) is 2.18. The standard InChI is InChI=1S/C8H9N3O3/c9-7(12)5-11-3-1-2-6(4-11)14-8(10)13/h1-4H,5H2,(H3-,9,10,12,13)/p+1. The highest BCUT2D eigenvalue weighted by Gasteiger charge is 2.08. The lowest BCUT2D eigenvalue weighted by Gasteiger charge is -1.98. The summed E-state index contributed by atoms with van der Waals surface area (Å²) in [6, 6.07) is 3.16. The molecule has 0 spiro atoms. The number of nitrogens with two attached hydrogens (primary N) is 2. The maximum atomic E-state index is 10.6. The Hall–Kier alpha value is -2.11. The summed E-state index contributed by atoms with van der Waals surface area (Å²) >= 11 is 0. The van der Waals surface area contributed by atoms with Crippen LogP contribution in [0.4, 0.5) is 4.79 Å². The van der Waals surface area contributed by atoms with E-state index in [1.807, 2.05) is 0 Å². The van der Waals surface area contributed by atoms with Crippen LogP contribution in [-0.2, 0) is 11.3 Å². The Morgan fingerprint density at radius 2 is 2.14 bits per heavy atom. The van der Waals surface area contributed by atoms with Crippen LogP contribution in [-0.4, -0.2) is 12.0 Å². The molecule has 1 aromatic rings. The monoisotopic (exact) mass is 196 g/mol. The lowest BCUT2D eigenvalue weighted by atomic mass is 10.4. The number of nitrogens with zero attached hydrogens (tertiary/aromatic N) is 1. The summed E-state index contributed by atoms with van der Waals surface area (Å²) in [5.41, 5.74) is 9.80. The molecular weight excluding hydrogens is 186 g/mol. The fourth-order valence-corrected chi connectivity index (χ4v) is 0.953. The van der Waals surface area contributed by atoms with E-state index in [1.54, 1.807) is 18.3 Å². The molecule has 0 radical (unpaired) electrons. The van der Waals surface area contributed by atoms with Crippen molar-refractivity contribution >= 4 is 12.0 Å².